The molecule has 4 heteroatoms. The van der Waals surface area contributed by atoms with Crippen molar-refractivity contribution < 1.29 is 0 Å². The fourth-order valence-corrected chi connectivity index (χ4v) is 1.62. The first-order valence-corrected chi connectivity index (χ1v) is 5.44. The first-order chi connectivity index (χ1) is 8.08. The van der Waals surface area contributed by atoms with Crippen LogP contribution in [0.2, 0.25) is 0 Å². The summed E-state index contributed by atoms with van der Waals surface area (Å²) >= 11 is 0. The molecule has 0 saturated carbocycles. The number of hydrogen-bond acceptors (Lipinski definition) is 4. The normalized spacial score (nSPS) is 11.3. The number of hydrogen-bond donors (Lipinski definition) is 1. The smallest absolute Gasteiger partial charge is 0.0671 e. The fraction of sp³-hybridized carbons (Fsp3) is 0.385. The molecule has 0 fully saturated rings. The highest BCUT2D eigenvalue weighted by atomic mass is 15.1. The minimum absolute atomic E-state index is 0.0306. The molecule has 1 aromatic rings. The molecule has 1 unspecified atom stereocenters. The Labute approximate surface area is 102 Å². The van der Waals surface area contributed by atoms with Crippen LogP contribution in [-0.4, -0.2) is 13.6 Å². The SMILES string of the molecule is CC(C#N)CN(C)c1ccc(N)c(CC#N)c1. The van der Waals surface area contributed by atoms with Crippen molar-refractivity contribution in [3.63, 3.8) is 0 Å². The first kappa shape index (κ1) is 12.9. The molecular formula is C13H16N4. The van der Waals surface area contributed by atoms with E-state index in [1.807, 2.05) is 31.0 Å². The molecule has 1 rings (SSSR count). The van der Waals surface area contributed by atoms with Crippen molar-refractivity contribution in [2.24, 2.45) is 5.92 Å². The second-order valence-electron chi connectivity index (χ2n) is 4.13. The zero-order valence-corrected chi connectivity index (χ0v) is 10.1. The molecule has 0 heterocycles. The monoisotopic (exact) mass is 228 g/mol. The highest BCUT2D eigenvalue weighted by molar-refractivity contribution is 5.59. The van der Waals surface area contributed by atoms with E-state index in [0.717, 1.165) is 11.3 Å². The van der Waals surface area contributed by atoms with E-state index in [0.29, 0.717) is 18.7 Å². The van der Waals surface area contributed by atoms with Gasteiger partial charge >= 0.3 is 0 Å². The number of rotatable bonds is 4. The number of anilines is 2. The predicted octanol–water partition coefficient (Wildman–Crippen LogP) is 1.93. The highest BCUT2D eigenvalue weighted by Gasteiger charge is 2.08. The Morgan fingerprint density at radius 1 is 1.41 bits per heavy atom. The van der Waals surface area contributed by atoms with E-state index in [9.17, 15) is 0 Å². The van der Waals surface area contributed by atoms with Gasteiger partial charge in [-0.15, -0.1) is 0 Å². The Kier molecular flexibility index (Phi) is 4.37. The van der Waals surface area contributed by atoms with E-state index in [1.165, 1.54) is 0 Å². The summed E-state index contributed by atoms with van der Waals surface area (Å²) in [4.78, 5) is 1.99. The van der Waals surface area contributed by atoms with Crippen LogP contribution in [-0.2, 0) is 6.42 Å². The number of nitriles is 2. The summed E-state index contributed by atoms with van der Waals surface area (Å²) in [5.41, 5.74) is 8.23. The zero-order valence-electron chi connectivity index (χ0n) is 10.1. The summed E-state index contributed by atoms with van der Waals surface area (Å²) < 4.78 is 0. The second-order valence-corrected chi connectivity index (χ2v) is 4.13. The molecule has 0 spiro atoms. The average molecular weight is 228 g/mol. The van der Waals surface area contributed by atoms with Crippen LogP contribution >= 0.6 is 0 Å². The maximum atomic E-state index is 8.77. The maximum absolute atomic E-state index is 8.77. The lowest BCUT2D eigenvalue weighted by molar-refractivity contribution is 0.716. The van der Waals surface area contributed by atoms with Gasteiger partial charge in [0.2, 0.25) is 0 Å². The second kappa shape index (κ2) is 5.77. The van der Waals surface area contributed by atoms with E-state index in [4.69, 9.17) is 16.3 Å². The zero-order chi connectivity index (χ0) is 12.8. The molecule has 0 amide bonds. The Morgan fingerprint density at radius 3 is 2.71 bits per heavy atom. The molecule has 2 N–H and O–H groups in total. The van der Waals surface area contributed by atoms with Crippen molar-refractivity contribution in [3.05, 3.63) is 23.8 Å². The van der Waals surface area contributed by atoms with Crippen molar-refractivity contribution in [1.82, 2.24) is 0 Å². The third-order valence-electron chi connectivity index (χ3n) is 2.60. The van der Waals surface area contributed by atoms with Crippen LogP contribution in [0.25, 0.3) is 0 Å². The maximum Gasteiger partial charge on any atom is 0.0671 e. The van der Waals surface area contributed by atoms with Gasteiger partial charge in [-0.2, -0.15) is 10.5 Å². The van der Waals surface area contributed by atoms with Crippen molar-refractivity contribution in [2.45, 2.75) is 13.3 Å². The molecule has 0 saturated heterocycles. The third kappa shape index (κ3) is 3.39. The number of nitrogens with two attached hydrogens (primary N) is 1. The van der Waals surface area contributed by atoms with Gasteiger partial charge in [0.05, 0.1) is 24.5 Å². The molecule has 0 aliphatic rings. The Bertz CT molecular complexity index is 467. The molecule has 17 heavy (non-hydrogen) atoms. The van der Waals surface area contributed by atoms with Crippen molar-refractivity contribution in [3.8, 4) is 12.1 Å². The molecule has 4 nitrogen and oxygen atoms in total. The van der Waals surface area contributed by atoms with E-state index >= 15 is 0 Å². The van der Waals surface area contributed by atoms with Crippen molar-refractivity contribution >= 4 is 11.4 Å². The number of nitrogen functional groups attached to an aromatic ring is 1. The molecule has 0 aromatic heterocycles. The lowest BCUT2D eigenvalue weighted by atomic mass is 10.1. The molecular weight excluding hydrogens is 212 g/mol. The molecule has 1 atom stereocenters. The van der Waals surface area contributed by atoms with Crippen LogP contribution in [0.5, 0.6) is 0 Å². The van der Waals surface area contributed by atoms with Gasteiger partial charge in [-0.25, -0.2) is 0 Å². The van der Waals surface area contributed by atoms with E-state index < -0.39 is 0 Å². The first-order valence-electron chi connectivity index (χ1n) is 5.44. The largest absolute Gasteiger partial charge is 0.398 e. The van der Waals surface area contributed by atoms with Crippen molar-refractivity contribution in [1.29, 1.82) is 10.5 Å². The van der Waals surface area contributed by atoms with Gasteiger partial charge in [0.25, 0.3) is 0 Å². The van der Waals surface area contributed by atoms with E-state index in [-0.39, 0.29) is 5.92 Å². The molecule has 0 radical (unpaired) electrons. The summed E-state index contributed by atoms with van der Waals surface area (Å²) in [6.45, 7) is 2.54. The Morgan fingerprint density at radius 2 is 2.12 bits per heavy atom. The summed E-state index contributed by atoms with van der Waals surface area (Å²) in [7, 11) is 1.93. The van der Waals surface area contributed by atoms with Gasteiger partial charge in [-0.1, -0.05) is 0 Å². The quantitative estimate of drug-likeness (QED) is 0.799. The van der Waals surface area contributed by atoms with Crippen LogP contribution in [0.3, 0.4) is 0 Å². The van der Waals surface area contributed by atoms with Gasteiger partial charge in [0.1, 0.15) is 0 Å². The van der Waals surface area contributed by atoms with Gasteiger partial charge < -0.3 is 10.6 Å². The molecule has 0 aliphatic carbocycles. The highest BCUT2D eigenvalue weighted by Crippen LogP contribution is 2.21. The van der Waals surface area contributed by atoms with Gasteiger partial charge in [0.15, 0.2) is 0 Å². The third-order valence-corrected chi connectivity index (χ3v) is 2.60. The molecule has 0 aliphatic heterocycles. The van der Waals surface area contributed by atoms with Gasteiger partial charge in [0, 0.05) is 25.0 Å². The molecule has 88 valence electrons. The minimum atomic E-state index is -0.0306. The predicted molar refractivity (Wildman–Crippen MR) is 68.2 cm³/mol. The lowest BCUT2D eigenvalue weighted by Gasteiger charge is -2.21. The molecule has 1 aromatic carbocycles. The summed E-state index contributed by atoms with van der Waals surface area (Å²) in [5.74, 6) is -0.0306. The summed E-state index contributed by atoms with van der Waals surface area (Å²) in [6.07, 6.45) is 0.307. The summed E-state index contributed by atoms with van der Waals surface area (Å²) in [6, 6.07) is 9.90. The van der Waals surface area contributed by atoms with E-state index in [1.54, 1.807) is 6.07 Å². The molecule has 0 bridgehead atoms. The number of nitrogens with zero attached hydrogens (tertiary/aromatic N) is 3. The van der Waals surface area contributed by atoms with E-state index in [2.05, 4.69) is 12.1 Å². The number of benzene rings is 1. The lowest BCUT2D eigenvalue weighted by Crippen LogP contribution is -2.23. The van der Waals surface area contributed by atoms with Gasteiger partial charge in [-0.3, -0.25) is 0 Å². The fourth-order valence-electron chi connectivity index (χ4n) is 1.62. The van der Waals surface area contributed by atoms with Crippen LogP contribution in [0, 0.1) is 28.6 Å². The summed E-state index contributed by atoms with van der Waals surface area (Å²) in [5, 5.41) is 17.5. The average Bonchev–Trinajstić information content (AvgIpc) is 2.32. The minimum Gasteiger partial charge on any atom is -0.398 e. The van der Waals surface area contributed by atoms with Gasteiger partial charge in [-0.05, 0) is 30.7 Å². The van der Waals surface area contributed by atoms with Crippen LogP contribution < -0.4 is 10.6 Å². The standard InChI is InChI=1S/C13H16N4/c1-10(8-15)9-17(2)12-3-4-13(16)11(7-12)5-6-14/h3-4,7,10H,5,9,16H2,1-2H3. The van der Waals surface area contributed by atoms with Crippen LogP contribution in [0.1, 0.15) is 12.5 Å². The van der Waals surface area contributed by atoms with Crippen molar-refractivity contribution in [2.75, 3.05) is 24.2 Å². The Hall–Kier alpha value is -2.20. The van der Waals surface area contributed by atoms with Crippen LogP contribution in [0.4, 0.5) is 11.4 Å². The van der Waals surface area contributed by atoms with Crippen LogP contribution in [0.15, 0.2) is 18.2 Å². The Balaban J connectivity index is 2.89. The topological polar surface area (TPSA) is 76.8 Å².